The third kappa shape index (κ3) is 3.29. The van der Waals surface area contributed by atoms with Crippen molar-refractivity contribution in [3.8, 4) is 0 Å². The molecule has 1 aromatic heterocycles. The number of hydrogen-bond acceptors (Lipinski definition) is 4. The smallest absolute Gasteiger partial charge is 0.247 e. The zero-order chi connectivity index (χ0) is 16.4. The van der Waals surface area contributed by atoms with Crippen LogP contribution in [0.3, 0.4) is 0 Å². The van der Waals surface area contributed by atoms with Crippen LogP contribution < -0.4 is 4.90 Å². The molecule has 1 saturated heterocycles. The van der Waals surface area contributed by atoms with Crippen LogP contribution in [0.5, 0.6) is 0 Å². The second kappa shape index (κ2) is 6.54. The van der Waals surface area contributed by atoms with Crippen LogP contribution in [0.25, 0.3) is 0 Å². The molecule has 0 radical (unpaired) electrons. The largest absolute Gasteiger partial charge is 0.274 e. The van der Waals surface area contributed by atoms with Gasteiger partial charge >= 0.3 is 0 Å². The maximum absolute atomic E-state index is 12.6. The third-order valence-electron chi connectivity index (χ3n) is 3.82. The fourth-order valence-corrected chi connectivity index (χ4v) is 3.54. The number of aromatic nitrogens is 1. The number of amides is 2. The number of nitrogens with zero attached hydrogens (tertiary/aromatic N) is 2. The molecule has 4 nitrogen and oxygen atoms in total. The first-order valence-electron chi connectivity index (χ1n) is 7.60. The fraction of sp³-hybridized carbons (Fsp3) is 0.278. The van der Waals surface area contributed by atoms with Gasteiger partial charge in [0.2, 0.25) is 11.8 Å². The standard InChI is InChI=1S/C18H18N2O2S/c1-12(2)13-6-8-14(9-7-13)20-17(21)11-15(18(20)22)23-16-5-3-4-10-19-16/h3-10,12,15H,11H2,1-2H3. The molecule has 118 valence electrons. The van der Waals surface area contributed by atoms with Gasteiger partial charge in [0.1, 0.15) is 0 Å². The zero-order valence-electron chi connectivity index (χ0n) is 13.1. The molecule has 1 unspecified atom stereocenters. The lowest BCUT2D eigenvalue weighted by atomic mass is 10.0. The van der Waals surface area contributed by atoms with Gasteiger partial charge in [-0.15, -0.1) is 0 Å². The van der Waals surface area contributed by atoms with Crippen molar-refractivity contribution in [2.24, 2.45) is 0 Å². The summed E-state index contributed by atoms with van der Waals surface area (Å²) in [6, 6.07) is 13.2. The van der Waals surface area contributed by atoms with Crippen LogP contribution in [0.2, 0.25) is 0 Å². The van der Waals surface area contributed by atoms with Crippen molar-refractivity contribution in [2.45, 2.75) is 36.5 Å². The predicted octanol–water partition coefficient (Wildman–Crippen LogP) is 3.63. The molecule has 2 heterocycles. The van der Waals surface area contributed by atoms with Crippen LogP contribution in [0.15, 0.2) is 53.7 Å². The summed E-state index contributed by atoms with van der Waals surface area (Å²) >= 11 is 1.35. The van der Waals surface area contributed by atoms with E-state index < -0.39 is 5.25 Å². The van der Waals surface area contributed by atoms with Crippen molar-refractivity contribution in [1.82, 2.24) is 4.98 Å². The minimum absolute atomic E-state index is 0.152. The number of carbonyl (C=O) groups is 2. The van der Waals surface area contributed by atoms with Crippen LogP contribution in [0.4, 0.5) is 5.69 Å². The van der Waals surface area contributed by atoms with Crippen molar-refractivity contribution < 1.29 is 9.59 Å². The Morgan fingerprint density at radius 3 is 2.48 bits per heavy atom. The van der Waals surface area contributed by atoms with E-state index in [4.69, 9.17) is 0 Å². The Kier molecular flexibility index (Phi) is 4.48. The highest BCUT2D eigenvalue weighted by atomic mass is 32.2. The monoisotopic (exact) mass is 326 g/mol. The molecule has 3 rings (SSSR count). The molecule has 0 N–H and O–H groups in total. The van der Waals surface area contributed by atoms with Crippen LogP contribution in [0.1, 0.15) is 31.7 Å². The zero-order valence-corrected chi connectivity index (χ0v) is 13.9. The number of anilines is 1. The number of rotatable bonds is 4. The molecule has 1 aliphatic rings. The first kappa shape index (κ1) is 15.7. The highest BCUT2D eigenvalue weighted by Crippen LogP contribution is 2.33. The number of hydrogen-bond donors (Lipinski definition) is 0. The quantitative estimate of drug-likeness (QED) is 0.805. The minimum atomic E-state index is -0.401. The maximum atomic E-state index is 12.6. The van der Waals surface area contributed by atoms with E-state index in [9.17, 15) is 9.59 Å². The Labute approximate surface area is 139 Å². The summed E-state index contributed by atoms with van der Waals surface area (Å²) in [5.41, 5.74) is 1.83. The number of pyridine rings is 1. The van der Waals surface area contributed by atoms with Gasteiger partial charge in [0, 0.05) is 12.6 Å². The molecule has 1 atom stereocenters. The Morgan fingerprint density at radius 1 is 1.13 bits per heavy atom. The minimum Gasteiger partial charge on any atom is -0.274 e. The van der Waals surface area contributed by atoms with E-state index in [1.807, 2.05) is 42.5 Å². The van der Waals surface area contributed by atoms with E-state index in [1.54, 1.807) is 6.20 Å². The van der Waals surface area contributed by atoms with Crippen molar-refractivity contribution in [3.05, 3.63) is 54.2 Å². The molecule has 0 aliphatic carbocycles. The molecule has 5 heteroatoms. The van der Waals surface area contributed by atoms with Gasteiger partial charge in [-0.25, -0.2) is 9.88 Å². The molecule has 0 saturated carbocycles. The summed E-state index contributed by atoms with van der Waals surface area (Å²) in [5.74, 6) is 0.102. The first-order chi connectivity index (χ1) is 11.1. The van der Waals surface area contributed by atoms with Crippen molar-refractivity contribution in [1.29, 1.82) is 0 Å². The van der Waals surface area contributed by atoms with Gasteiger partial charge in [-0.1, -0.05) is 43.8 Å². The lowest BCUT2D eigenvalue weighted by Gasteiger charge is -2.16. The topological polar surface area (TPSA) is 50.3 Å². The molecule has 2 amide bonds. The molecule has 2 aromatic rings. The van der Waals surface area contributed by atoms with Gasteiger partial charge < -0.3 is 0 Å². The Hall–Kier alpha value is -2.14. The van der Waals surface area contributed by atoms with Crippen molar-refractivity contribution >= 4 is 29.3 Å². The highest BCUT2D eigenvalue weighted by Gasteiger charge is 2.40. The summed E-state index contributed by atoms with van der Waals surface area (Å²) in [6.07, 6.45) is 1.90. The SMILES string of the molecule is CC(C)c1ccc(N2C(=O)CC(Sc3ccccn3)C2=O)cc1. The van der Waals surface area contributed by atoms with E-state index in [0.717, 1.165) is 5.03 Å². The van der Waals surface area contributed by atoms with Crippen LogP contribution >= 0.6 is 11.8 Å². The molecular formula is C18H18N2O2S. The number of carbonyl (C=O) groups excluding carboxylic acids is 2. The van der Waals surface area contributed by atoms with Crippen LogP contribution in [-0.2, 0) is 9.59 Å². The second-order valence-corrected chi connectivity index (χ2v) is 7.02. The molecular weight excluding hydrogens is 308 g/mol. The summed E-state index contributed by atoms with van der Waals surface area (Å²) < 4.78 is 0. The number of thioether (sulfide) groups is 1. The van der Waals surface area contributed by atoms with E-state index in [0.29, 0.717) is 11.6 Å². The molecule has 1 aliphatic heterocycles. The number of benzene rings is 1. The number of imide groups is 1. The Morgan fingerprint density at radius 2 is 1.87 bits per heavy atom. The predicted molar refractivity (Wildman–Crippen MR) is 91.5 cm³/mol. The average molecular weight is 326 g/mol. The summed E-state index contributed by atoms with van der Waals surface area (Å²) in [4.78, 5) is 30.4. The van der Waals surface area contributed by atoms with E-state index in [2.05, 4.69) is 18.8 Å². The first-order valence-corrected chi connectivity index (χ1v) is 8.48. The fourth-order valence-electron chi connectivity index (χ4n) is 2.54. The maximum Gasteiger partial charge on any atom is 0.247 e. The summed E-state index contributed by atoms with van der Waals surface area (Å²) in [6.45, 7) is 4.22. The molecule has 1 fully saturated rings. The van der Waals surface area contributed by atoms with E-state index >= 15 is 0 Å². The van der Waals surface area contributed by atoms with Crippen molar-refractivity contribution in [3.63, 3.8) is 0 Å². The van der Waals surface area contributed by atoms with Crippen LogP contribution in [-0.4, -0.2) is 22.0 Å². The lowest BCUT2D eigenvalue weighted by molar-refractivity contribution is -0.121. The van der Waals surface area contributed by atoms with E-state index in [-0.39, 0.29) is 18.2 Å². The van der Waals surface area contributed by atoms with Gasteiger partial charge in [0.05, 0.1) is 16.0 Å². The highest BCUT2D eigenvalue weighted by molar-refractivity contribution is 8.00. The van der Waals surface area contributed by atoms with Crippen LogP contribution in [0, 0.1) is 0 Å². The lowest BCUT2D eigenvalue weighted by Crippen LogP contribution is -2.31. The van der Waals surface area contributed by atoms with E-state index in [1.165, 1.54) is 22.2 Å². The Balaban J connectivity index is 1.78. The molecule has 23 heavy (non-hydrogen) atoms. The molecule has 0 spiro atoms. The molecule has 1 aromatic carbocycles. The summed E-state index contributed by atoms with van der Waals surface area (Å²) in [5, 5.41) is 0.359. The molecule has 0 bridgehead atoms. The Bertz CT molecular complexity index is 714. The summed E-state index contributed by atoms with van der Waals surface area (Å²) in [7, 11) is 0. The van der Waals surface area contributed by atoms with Gasteiger partial charge in [-0.2, -0.15) is 0 Å². The third-order valence-corrected chi connectivity index (χ3v) is 4.96. The normalized spacial score (nSPS) is 18.0. The average Bonchev–Trinajstić information content (AvgIpc) is 2.82. The van der Waals surface area contributed by atoms with Gasteiger partial charge in [0.15, 0.2) is 0 Å². The van der Waals surface area contributed by atoms with Gasteiger partial charge in [0.25, 0.3) is 0 Å². The second-order valence-electron chi connectivity index (χ2n) is 5.79. The van der Waals surface area contributed by atoms with Gasteiger partial charge in [-0.3, -0.25) is 9.59 Å². The van der Waals surface area contributed by atoms with Gasteiger partial charge in [-0.05, 0) is 35.7 Å². The van der Waals surface area contributed by atoms with Crippen molar-refractivity contribution in [2.75, 3.05) is 4.90 Å².